The number of piperazine rings is 1. The van der Waals surface area contributed by atoms with Gasteiger partial charge in [-0.3, -0.25) is 4.79 Å². The number of hydrogen-bond acceptors (Lipinski definition) is 4. The van der Waals surface area contributed by atoms with E-state index in [1.54, 1.807) is 32.8 Å². The fourth-order valence-corrected chi connectivity index (χ4v) is 4.15. The van der Waals surface area contributed by atoms with Gasteiger partial charge in [0.05, 0.1) is 6.33 Å². The highest BCUT2D eigenvalue weighted by Gasteiger charge is 2.25. The Morgan fingerprint density at radius 3 is 2.31 bits per heavy atom. The fraction of sp³-hybridized carbons (Fsp3) is 0.261. The van der Waals surface area contributed by atoms with Crippen LogP contribution in [0.3, 0.4) is 0 Å². The number of nitrogens with zero attached hydrogens (tertiary/aromatic N) is 4. The molecule has 0 saturated carbocycles. The van der Waals surface area contributed by atoms with Crippen molar-refractivity contribution in [2.24, 2.45) is 0 Å². The molecule has 0 unspecified atom stereocenters. The molecular formula is C23H22BrClN4O3. The molecule has 2 aromatic carbocycles. The molecule has 0 spiro atoms. The second kappa shape index (κ2) is 10.2. The quantitative estimate of drug-likeness (QED) is 0.502. The molecule has 2 heterocycles. The molecule has 7 nitrogen and oxygen atoms in total. The molecule has 0 aliphatic carbocycles. The van der Waals surface area contributed by atoms with Crippen LogP contribution in [-0.4, -0.2) is 57.5 Å². The van der Waals surface area contributed by atoms with Gasteiger partial charge in [0, 0.05) is 36.8 Å². The zero-order valence-electron chi connectivity index (χ0n) is 17.3. The van der Waals surface area contributed by atoms with Gasteiger partial charge in [-0.25, -0.2) is 9.78 Å². The van der Waals surface area contributed by atoms with E-state index < -0.39 is 0 Å². The highest BCUT2D eigenvalue weighted by Crippen LogP contribution is 2.28. The maximum absolute atomic E-state index is 12.8. The zero-order chi connectivity index (χ0) is 22.5. The first-order valence-corrected chi connectivity index (χ1v) is 11.4. The van der Waals surface area contributed by atoms with Crippen LogP contribution in [0.25, 0.3) is 11.3 Å². The van der Waals surface area contributed by atoms with Crippen LogP contribution in [0, 0.1) is 0 Å². The van der Waals surface area contributed by atoms with Crippen LogP contribution in [0.2, 0.25) is 5.02 Å². The first kappa shape index (κ1) is 22.4. The Morgan fingerprint density at radius 1 is 0.969 bits per heavy atom. The second-order valence-electron chi connectivity index (χ2n) is 7.43. The predicted molar refractivity (Wildman–Crippen MR) is 125 cm³/mol. The van der Waals surface area contributed by atoms with Gasteiger partial charge in [-0.1, -0.05) is 54.1 Å². The molecular weight excluding hydrogens is 496 g/mol. The molecule has 166 valence electrons. The molecule has 1 aliphatic rings. The number of hydrogen-bond donors (Lipinski definition) is 0. The Bertz CT molecular complexity index is 1080. The standard InChI is InChI=1S/C23H22BrClN4O3/c24-22-21(18-6-8-19(25)9-7-18)26-16-29(22)14-20(30)27-10-12-28(13-11-27)23(31)32-15-17-4-2-1-3-5-17/h1-9,16H,10-15H2. The summed E-state index contributed by atoms with van der Waals surface area (Å²) in [6, 6.07) is 16.9. The Hall–Kier alpha value is -2.84. The topological polar surface area (TPSA) is 67.7 Å². The van der Waals surface area contributed by atoms with E-state index in [1.165, 1.54) is 0 Å². The van der Waals surface area contributed by atoms with E-state index in [0.29, 0.717) is 31.2 Å². The molecule has 1 aromatic heterocycles. The van der Waals surface area contributed by atoms with Gasteiger partial charge in [0.25, 0.3) is 0 Å². The van der Waals surface area contributed by atoms with Crippen LogP contribution in [0.4, 0.5) is 4.79 Å². The van der Waals surface area contributed by atoms with Crippen LogP contribution in [0.15, 0.2) is 65.5 Å². The van der Waals surface area contributed by atoms with Gasteiger partial charge in [-0.05, 0) is 33.6 Å². The first-order chi connectivity index (χ1) is 15.5. The molecule has 1 fully saturated rings. The number of aromatic nitrogens is 2. The first-order valence-electron chi connectivity index (χ1n) is 10.2. The van der Waals surface area contributed by atoms with Crippen molar-refractivity contribution in [3.05, 3.63) is 76.1 Å². The van der Waals surface area contributed by atoms with E-state index in [0.717, 1.165) is 21.4 Å². The summed E-state index contributed by atoms with van der Waals surface area (Å²) in [4.78, 5) is 32.9. The number of carbonyl (C=O) groups is 2. The molecule has 2 amide bonds. The Kier molecular flexibility index (Phi) is 7.12. The number of imidazole rings is 1. The molecule has 1 saturated heterocycles. The van der Waals surface area contributed by atoms with E-state index in [4.69, 9.17) is 16.3 Å². The Balaban J connectivity index is 1.28. The summed E-state index contributed by atoms with van der Waals surface area (Å²) in [5, 5.41) is 0.655. The maximum Gasteiger partial charge on any atom is 0.410 e. The van der Waals surface area contributed by atoms with Crippen LogP contribution in [0.5, 0.6) is 0 Å². The SMILES string of the molecule is O=C(Cn1cnc(-c2ccc(Cl)cc2)c1Br)N1CCN(C(=O)OCc2ccccc2)CC1. The molecule has 9 heteroatoms. The summed E-state index contributed by atoms with van der Waals surface area (Å²) in [5.74, 6) is -0.0249. The van der Waals surface area contributed by atoms with E-state index in [2.05, 4.69) is 20.9 Å². The molecule has 1 aliphatic heterocycles. The number of benzene rings is 2. The largest absolute Gasteiger partial charge is 0.445 e. The predicted octanol–water partition coefficient (Wildman–Crippen LogP) is 4.45. The van der Waals surface area contributed by atoms with Gasteiger partial charge in [0.15, 0.2) is 0 Å². The molecule has 4 rings (SSSR count). The molecule has 0 atom stereocenters. The molecule has 0 bridgehead atoms. The number of halogens is 2. The number of ether oxygens (including phenoxy) is 1. The lowest BCUT2D eigenvalue weighted by molar-refractivity contribution is -0.133. The Morgan fingerprint density at radius 2 is 1.62 bits per heavy atom. The third-order valence-electron chi connectivity index (χ3n) is 5.29. The molecule has 3 aromatic rings. The second-order valence-corrected chi connectivity index (χ2v) is 8.61. The van der Waals surface area contributed by atoms with E-state index in [-0.39, 0.29) is 25.2 Å². The minimum absolute atomic E-state index is 0.0249. The summed E-state index contributed by atoms with van der Waals surface area (Å²) in [5.41, 5.74) is 2.61. The van der Waals surface area contributed by atoms with Gasteiger partial charge in [0.1, 0.15) is 23.4 Å². The molecule has 32 heavy (non-hydrogen) atoms. The van der Waals surface area contributed by atoms with Crippen molar-refractivity contribution in [1.82, 2.24) is 19.4 Å². The number of amides is 2. The summed E-state index contributed by atoms with van der Waals surface area (Å²) in [6.07, 6.45) is 1.29. The van der Waals surface area contributed by atoms with Crippen LogP contribution < -0.4 is 0 Å². The maximum atomic E-state index is 12.8. The third kappa shape index (κ3) is 5.31. The summed E-state index contributed by atoms with van der Waals surface area (Å²) in [6.45, 7) is 2.23. The lowest BCUT2D eigenvalue weighted by Crippen LogP contribution is -2.51. The van der Waals surface area contributed by atoms with Crippen molar-refractivity contribution in [3.63, 3.8) is 0 Å². The highest BCUT2D eigenvalue weighted by atomic mass is 79.9. The monoisotopic (exact) mass is 516 g/mol. The fourth-order valence-electron chi connectivity index (χ4n) is 3.47. The highest BCUT2D eigenvalue weighted by molar-refractivity contribution is 9.10. The van der Waals surface area contributed by atoms with Crippen LogP contribution >= 0.6 is 27.5 Å². The van der Waals surface area contributed by atoms with Crippen molar-refractivity contribution in [3.8, 4) is 11.3 Å². The summed E-state index contributed by atoms with van der Waals surface area (Å²) >= 11 is 9.51. The molecule has 0 N–H and O–H groups in total. The Labute approximate surface area is 199 Å². The minimum Gasteiger partial charge on any atom is -0.445 e. The minimum atomic E-state index is -0.356. The van der Waals surface area contributed by atoms with Crippen molar-refractivity contribution in [1.29, 1.82) is 0 Å². The third-order valence-corrected chi connectivity index (χ3v) is 6.38. The van der Waals surface area contributed by atoms with Crippen molar-refractivity contribution in [2.45, 2.75) is 13.2 Å². The number of rotatable bonds is 5. The normalized spacial score (nSPS) is 13.8. The van der Waals surface area contributed by atoms with Gasteiger partial charge in [-0.15, -0.1) is 0 Å². The smallest absolute Gasteiger partial charge is 0.410 e. The van der Waals surface area contributed by atoms with E-state index in [9.17, 15) is 9.59 Å². The number of carbonyl (C=O) groups excluding carboxylic acids is 2. The van der Waals surface area contributed by atoms with Crippen molar-refractivity contribution < 1.29 is 14.3 Å². The van der Waals surface area contributed by atoms with Crippen LogP contribution in [-0.2, 0) is 22.7 Å². The van der Waals surface area contributed by atoms with Crippen molar-refractivity contribution in [2.75, 3.05) is 26.2 Å². The summed E-state index contributed by atoms with van der Waals surface area (Å²) < 4.78 is 7.89. The lowest BCUT2D eigenvalue weighted by Gasteiger charge is -2.34. The van der Waals surface area contributed by atoms with Crippen molar-refractivity contribution >= 4 is 39.5 Å². The van der Waals surface area contributed by atoms with Gasteiger partial charge >= 0.3 is 6.09 Å². The lowest BCUT2D eigenvalue weighted by atomic mass is 10.2. The average Bonchev–Trinajstić information content (AvgIpc) is 3.18. The summed E-state index contributed by atoms with van der Waals surface area (Å²) in [7, 11) is 0. The van der Waals surface area contributed by atoms with E-state index >= 15 is 0 Å². The van der Waals surface area contributed by atoms with Gasteiger partial charge < -0.3 is 19.1 Å². The van der Waals surface area contributed by atoms with Crippen LogP contribution in [0.1, 0.15) is 5.56 Å². The van der Waals surface area contributed by atoms with Gasteiger partial charge in [-0.2, -0.15) is 0 Å². The zero-order valence-corrected chi connectivity index (χ0v) is 19.6. The van der Waals surface area contributed by atoms with Gasteiger partial charge in [0.2, 0.25) is 5.91 Å². The van der Waals surface area contributed by atoms with E-state index in [1.807, 2.05) is 42.5 Å². The average molecular weight is 518 g/mol. The molecule has 0 radical (unpaired) electrons.